The predicted octanol–water partition coefficient (Wildman–Crippen LogP) is -1.92. The van der Waals surface area contributed by atoms with Crippen LogP contribution in [0.4, 0.5) is 0 Å². The zero-order chi connectivity index (χ0) is 10.6. The van der Waals surface area contributed by atoms with E-state index in [2.05, 4.69) is 4.74 Å². The molecule has 0 atom stereocenters. The Bertz CT molecular complexity index is 378. The van der Waals surface area contributed by atoms with Crippen LogP contribution in [0.15, 0.2) is 30.3 Å². The summed E-state index contributed by atoms with van der Waals surface area (Å²) in [5, 5.41) is 0. The van der Waals surface area contributed by atoms with E-state index in [4.69, 9.17) is 0 Å². The van der Waals surface area contributed by atoms with Crippen molar-refractivity contribution in [2.45, 2.75) is 6.92 Å². The van der Waals surface area contributed by atoms with Crippen molar-refractivity contribution in [3.63, 3.8) is 0 Å². The Hall–Kier alpha value is -0.970. The van der Waals surface area contributed by atoms with Crippen LogP contribution in [0, 0.1) is 0 Å². The van der Waals surface area contributed by atoms with Crippen LogP contribution >= 0.6 is 0 Å². The third kappa shape index (κ3) is 4.38. The average Bonchev–Trinajstić information content (AvgIpc) is 2.19. The molecule has 0 fully saturated rings. The molecular weight excluding hydrogens is 207 g/mol. The summed E-state index contributed by atoms with van der Waals surface area (Å²) in [4.78, 5) is 32.4. The van der Waals surface area contributed by atoms with Crippen molar-refractivity contribution in [3.8, 4) is 0 Å². The fourth-order valence-corrected chi connectivity index (χ4v) is 0.789. The van der Waals surface area contributed by atoms with E-state index in [1.54, 1.807) is 18.2 Å². The van der Waals surface area contributed by atoms with E-state index in [1.807, 2.05) is 0 Å². The number of hydrogen-bond acceptors (Lipinski definition) is 4. The van der Waals surface area contributed by atoms with Crippen LogP contribution in [0.25, 0.3) is 0 Å². The molecule has 0 amide bonds. The molecule has 0 N–H and O–H groups in total. The largest absolute Gasteiger partial charge is 1.00 e. The zero-order valence-corrected chi connectivity index (χ0v) is 10.5. The molecule has 0 unspecified atom stereocenters. The first-order valence-electron chi connectivity index (χ1n) is 3.93. The van der Waals surface area contributed by atoms with Gasteiger partial charge in [0.2, 0.25) is 5.78 Å². The minimum Gasteiger partial charge on any atom is -1.00 e. The first-order chi connectivity index (χ1) is 6.61. The van der Waals surface area contributed by atoms with Crippen LogP contribution in [0.5, 0.6) is 0 Å². The number of ether oxygens (including phenoxy) is 1. The summed E-state index contributed by atoms with van der Waals surface area (Å²) >= 11 is 0. The number of Topliss-reactive ketones (excluding diaryl/α,β-unsaturated/α-hetero) is 1. The molecule has 1 aromatic rings. The summed E-state index contributed by atoms with van der Waals surface area (Å²) in [6.45, 7) is 1.04. The molecule has 0 aliphatic rings. The SMILES string of the molecule is CC(=O)C(=O)OC(=O)c1ccccc1.[H-].[Na+]. The smallest absolute Gasteiger partial charge is 1.00 e. The molecule has 0 aliphatic heterocycles. The normalized spacial score (nSPS) is 8.60. The Morgan fingerprint density at radius 1 is 1.13 bits per heavy atom. The van der Waals surface area contributed by atoms with Crippen molar-refractivity contribution in [3.05, 3.63) is 35.9 Å². The predicted molar refractivity (Wildman–Crippen MR) is 48.7 cm³/mol. The maximum atomic E-state index is 11.2. The second kappa shape index (κ2) is 6.50. The van der Waals surface area contributed by atoms with Crippen molar-refractivity contribution in [2.75, 3.05) is 0 Å². The Labute approximate surface area is 110 Å². The molecule has 15 heavy (non-hydrogen) atoms. The van der Waals surface area contributed by atoms with Crippen molar-refractivity contribution in [1.29, 1.82) is 0 Å². The third-order valence-corrected chi connectivity index (χ3v) is 1.48. The van der Waals surface area contributed by atoms with Crippen LogP contribution in [0.3, 0.4) is 0 Å². The van der Waals surface area contributed by atoms with Crippen molar-refractivity contribution < 1.29 is 50.1 Å². The van der Waals surface area contributed by atoms with Gasteiger partial charge in [0.25, 0.3) is 0 Å². The zero-order valence-electron chi connectivity index (χ0n) is 9.52. The molecule has 5 heteroatoms. The van der Waals surface area contributed by atoms with E-state index in [9.17, 15) is 14.4 Å². The number of rotatable bonds is 2. The second-order valence-corrected chi connectivity index (χ2v) is 2.60. The van der Waals surface area contributed by atoms with Crippen LogP contribution in [0.1, 0.15) is 18.7 Å². The van der Waals surface area contributed by atoms with Gasteiger partial charge < -0.3 is 6.16 Å². The molecule has 4 nitrogen and oxygen atoms in total. The van der Waals surface area contributed by atoms with E-state index in [1.165, 1.54) is 12.1 Å². The summed E-state index contributed by atoms with van der Waals surface area (Å²) in [5.41, 5.74) is 0.238. The fraction of sp³-hybridized carbons (Fsp3) is 0.100. The van der Waals surface area contributed by atoms with Crippen molar-refractivity contribution >= 4 is 17.7 Å². The van der Waals surface area contributed by atoms with Gasteiger partial charge in [-0.15, -0.1) is 0 Å². The molecule has 74 valence electrons. The Morgan fingerprint density at radius 2 is 1.67 bits per heavy atom. The van der Waals surface area contributed by atoms with E-state index in [0.717, 1.165) is 6.92 Å². The summed E-state index contributed by atoms with van der Waals surface area (Å²) < 4.78 is 4.27. The van der Waals surface area contributed by atoms with Gasteiger partial charge in [0.05, 0.1) is 5.56 Å². The van der Waals surface area contributed by atoms with Gasteiger partial charge in [0.15, 0.2) is 0 Å². The van der Waals surface area contributed by atoms with Gasteiger partial charge in [-0.25, -0.2) is 9.59 Å². The van der Waals surface area contributed by atoms with Gasteiger partial charge in [-0.05, 0) is 12.1 Å². The van der Waals surface area contributed by atoms with Crippen LogP contribution in [-0.2, 0) is 14.3 Å². The van der Waals surface area contributed by atoms with Crippen molar-refractivity contribution in [2.24, 2.45) is 0 Å². The van der Waals surface area contributed by atoms with Gasteiger partial charge >= 0.3 is 41.5 Å². The van der Waals surface area contributed by atoms with Gasteiger partial charge in [-0.3, -0.25) is 4.79 Å². The first-order valence-corrected chi connectivity index (χ1v) is 3.93. The molecule has 1 rings (SSSR count). The molecule has 0 saturated carbocycles. The molecular formula is C10H9NaO4. The van der Waals surface area contributed by atoms with Gasteiger partial charge in [0.1, 0.15) is 0 Å². The Kier molecular flexibility index (Phi) is 6.08. The minimum atomic E-state index is -1.14. The number of carbonyl (C=O) groups is 3. The summed E-state index contributed by atoms with van der Waals surface area (Å²) in [7, 11) is 0. The molecule has 0 spiro atoms. The number of ketones is 1. The molecule has 1 aromatic carbocycles. The van der Waals surface area contributed by atoms with E-state index >= 15 is 0 Å². The minimum absolute atomic E-state index is 0. The number of carbonyl (C=O) groups excluding carboxylic acids is 3. The van der Waals surface area contributed by atoms with Crippen LogP contribution in [-0.4, -0.2) is 17.7 Å². The molecule has 0 bridgehead atoms. The molecule has 0 heterocycles. The van der Waals surface area contributed by atoms with Gasteiger partial charge in [0, 0.05) is 6.92 Å². The summed E-state index contributed by atoms with van der Waals surface area (Å²) in [6.07, 6.45) is 0. The van der Waals surface area contributed by atoms with Crippen molar-refractivity contribution in [1.82, 2.24) is 0 Å². The van der Waals surface area contributed by atoms with E-state index in [0.29, 0.717) is 0 Å². The molecule has 0 radical (unpaired) electrons. The average molecular weight is 216 g/mol. The fourth-order valence-electron chi connectivity index (χ4n) is 0.789. The van der Waals surface area contributed by atoms with E-state index < -0.39 is 17.7 Å². The summed E-state index contributed by atoms with van der Waals surface area (Å²) in [6, 6.07) is 7.98. The third-order valence-electron chi connectivity index (χ3n) is 1.48. The number of benzene rings is 1. The topological polar surface area (TPSA) is 60.4 Å². The maximum Gasteiger partial charge on any atom is 1.00 e. The number of esters is 2. The van der Waals surface area contributed by atoms with Gasteiger partial charge in [-0.2, -0.15) is 0 Å². The second-order valence-electron chi connectivity index (χ2n) is 2.60. The summed E-state index contributed by atoms with van der Waals surface area (Å²) in [5.74, 6) is -2.75. The first kappa shape index (κ1) is 14.0. The quantitative estimate of drug-likeness (QED) is 0.250. The number of hydrogen-bond donors (Lipinski definition) is 0. The Morgan fingerprint density at radius 3 is 2.13 bits per heavy atom. The standard InChI is InChI=1S/C10H8O4.Na.H/c1-7(11)9(12)14-10(13)8-5-3-2-4-6-8;;/h2-6H,1H3;;/q;+1;-1. The molecule has 0 aliphatic carbocycles. The maximum absolute atomic E-state index is 11.2. The van der Waals surface area contributed by atoms with Gasteiger partial charge in [-0.1, -0.05) is 18.2 Å². The molecule has 0 aromatic heterocycles. The Balaban J connectivity index is 0. The molecule has 0 saturated heterocycles. The van der Waals surface area contributed by atoms with E-state index in [-0.39, 0.29) is 36.5 Å². The van der Waals surface area contributed by atoms with Crippen LogP contribution < -0.4 is 29.6 Å². The monoisotopic (exact) mass is 216 g/mol. The van der Waals surface area contributed by atoms with Crippen LogP contribution in [0.2, 0.25) is 0 Å².